The lowest BCUT2D eigenvalue weighted by Gasteiger charge is -2.09. The molecule has 2 aromatic rings. The van der Waals surface area contributed by atoms with Gasteiger partial charge < -0.3 is 15.2 Å². The molecular weight excluding hydrogens is 292 g/mol. The predicted octanol–water partition coefficient (Wildman–Crippen LogP) is 2.56. The number of rotatable bonds is 10. The Balaban J connectivity index is 1.84. The van der Waals surface area contributed by atoms with Gasteiger partial charge in [0.05, 0.1) is 25.1 Å². The number of methoxy groups -OCH3 is 1. The van der Waals surface area contributed by atoms with Crippen molar-refractivity contribution in [3.63, 3.8) is 0 Å². The van der Waals surface area contributed by atoms with Crippen molar-refractivity contribution in [2.75, 3.05) is 13.7 Å². The van der Waals surface area contributed by atoms with Crippen LogP contribution in [-0.2, 0) is 19.5 Å². The van der Waals surface area contributed by atoms with Crippen LogP contribution >= 0.6 is 0 Å². The van der Waals surface area contributed by atoms with Gasteiger partial charge in [0, 0.05) is 13.1 Å². The molecule has 0 aliphatic heterocycles. The van der Waals surface area contributed by atoms with E-state index in [0.29, 0.717) is 13.2 Å². The van der Waals surface area contributed by atoms with Crippen LogP contribution < -0.4 is 15.2 Å². The van der Waals surface area contributed by atoms with Crippen LogP contribution in [0.15, 0.2) is 24.3 Å². The number of hydrogen-bond donors (Lipinski definition) is 1. The van der Waals surface area contributed by atoms with E-state index in [0.717, 1.165) is 55.1 Å². The summed E-state index contributed by atoms with van der Waals surface area (Å²) in [6.07, 6.45) is 4.01. The Morgan fingerprint density at radius 2 is 1.87 bits per heavy atom. The van der Waals surface area contributed by atoms with Crippen LogP contribution in [0.3, 0.4) is 0 Å². The smallest absolute Gasteiger partial charge is 0.119 e. The molecule has 6 nitrogen and oxygen atoms in total. The number of unbranched alkanes of at least 4 members (excludes halogenated alkanes) is 1. The van der Waals surface area contributed by atoms with E-state index in [1.165, 1.54) is 0 Å². The molecule has 0 saturated carbocycles. The quantitative estimate of drug-likeness (QED) is 0.681. The fourth-order valence-electron chi connectivity index (χ4n) is 2.39. The Hall–Kier alpha value is -2.08. The summed E-state index contributed by atoms with van der Waals surface area (Å²) in [5, 5.41) is 8.39. The van der Waals surface area contributed by atoms with E-state index < -0.39 is 0 Å². The van der Waals surface area contributed by atoms with Gasteiger partial charge in [-0.3, -0.25) is 0 Å². The van der Waals surface area contributed by atoms with Gasteiger partial charge in [0.25, 0.3) is 0 Å². The number of aryl methyl sites for hydroxylation is 1. The molecule has 0 spiro atoms. The molecule has 23 heavy (non-hydrogen) atoms. The Kier molecular flexibility index (Phi) is 6.87. The standard InChI is InChI=1S/C17H26N4O2/c1-3-4-11-21-17(16(13-18)19-20-21)6-5-12-23-15-9-7-14(22-2)8-10-15/h7-10H,3-6,11-13,18H2,1-2H3. The average molecular weight is 318 g/mol. The number of nitrogens with zero attached hydrogens (tertiary/aromatic N) is 3. The zero-order chi connectivity index (χ0) is 16.5. The lowest BCUT2D eigenvalue weighted by Crippen LogP contribution is -2.10. The lowest BCUT2D eigenvalue weighted by atomic mass is 10.2. The molecule has 0 fully saturated rings. The van der Waals surface area contributed by atoms with Crippen molar-refractivity contribution in [2.45, 2.75) is 45.7 Å². The molecule has 1 aromatic heterocycles. The van der Waals surface area contributed by atoms with Crippen molar-refractivity contribution in [3.8, 4) is 11.5 Å². The van der Waals surface area contributed by atoms with Gasteiger partial charge in [-0.2, -0.15) is 0 Å². The minimum atomic E-state index is 0.431. The zero-order valence-electron chi connectivity index (χ0n) is 14.0. The first kappa shape index (κ1) is 17.3. The van der Waals surface area contributed by atoms with E-state index >= 15 is 0 Å². The predicted molar refractivity (Wildman–Crippen MR) is 89.6 cm³/mol. The maximum absolute atomic E-state index is 5.76. The summed E-state index contributed by atoms with van der Waals surface area (Å²) in [6.45, 7) is 4.15. The maximum Gasteiger partial charge on any atom is 0.119 e. The second-order valence-electron chi connectivity index (χ2n) is 5.39. The summed E-state index contributed by atoms with van der Waals surface area (Å²) in [5.74, 6) is 1.68. The molecule has 0 radical (unpaired) electrons. The molecular formula is C17H26N4O2. The Bertz CT molecular complexity index is 581. The van der Waals surface area contributed by atoms with Gasteiger partial charge in [0.2, 0.25) is 0 Å². The van der Waals surface area contributed by atoms with Crippen molar-refractivity contribution in [1.82, 2.24) is 15.0 Å². The average Bonchev–Trinajstić information content (AvgIpc) is 2.99. The lowest BCUT2D eigenvalue weighted by molar-refractivity contribution is 0.308. The number of ether oxygens (including phenoxy) is 2. The van der Waals surface area contributed by atoms with Crippen molar-refractivity contribution in [2.24, 2.45) is 5.73 Å². The second kappa shape index (κ2) is 9.15. The molecule has 2 rings (SSSR count). The molecule has 1 heterocycles. The van der Waals surface area contributed by atoms with Gasteiger partial charge in [-0.15, -0.1) is 5.10 Å². The van der Waals surface area contributed by atoms with Crippen molar-refractivity contribution < 1.29 is 9.47 Å². The Labute approximate surface area is 137 Å². The Morgan fingerprint density at radius 3 is 2.52 bits per heavy atom. The third kappa shape index (κ3) is 4.96. The monoisotopic (exact) mass is 318 g/mol. The van der Waals surface area contributed by atoms with Crippen molar-refractivity contribution >= 4 is 0 Å². The van der Waals surface area contributed by atoms with Crippen LogP contribution in [0.1, 0.15) is 37.6 Å². The highest BCUT2D eigenvalue weighted by Gasteiger charge is 2.11. The normalized spacial score (nSPS) is 10.7. The zero-order valence-corrected chi connectivity index (χ0v) is 14.0. The molecule has 0 saturated heterocycles. The molecule has 0 aliphatic carbocycles. The van der Waals surface area contributed by atoms with E-state index in [2.05, 4.69) is 17.2 Å². The Morgan fingerprint density at radius 1 is 1.13 bits per heavy atom. The summed E-state index contributed by atoms with van der Waals surface area (Å²) >= 11 is 0. The summed E-state index contributed by atoms with van der Waals surface area (Å²) in [7, 11) is 1.65. The maximum atomic E-state index is 5.76. The van der Waals surface area contributed by atoms with Crippen LogP contribution in [0, 0.1) is 0 Å². The van der Waals surface area contributed by atoms with Crippen LogP contribution in [-0.4, -0.2) is 28.7 Å². The van der Waals surface area contributed by atoms with Crippen molar-refractivity contribution in [3.05, 3.63) is 35.7 Å². The van der Waals surface area contributed by atoms with E-state index in [1.807, 2.05) is 28.9 Å². The molecule has 0 atom stereocenters. The molecule has 6 heteroatoms. The largest absolute Gasteiger partial charge is 0.497 e. The van der Waals surface area contributed by atoms with Crippen LogP contribution in [0.2, 0.25) is 0 Å². The first-order chi connectivity index (χ1) is 11.3. The highest BCUT2D eigenvalue weighted by molar-refractivity contribution is 5.31. The topological polar surface area (TPSA) is 75.2 Å². The molecule has 0 amide bonds. The van der Waals surface area contributed by atoms with Crippen LogP contribution in [0.5, 0.6) is 11.5 Å². The summed E-state index contributed by atoms with van der Waals surface area (Å²) < 4.78 is 12.9. The SMILES string of the molecule is CCCCn1nnc(CN)c1CCCOc1ccc(OC)cc1. The molecule has 1 aromatic carbocycles. The van der Waals surface area contributed by atoms with Crippen molar-refractivity contribution in [1.29, 1.82) is 0 Å². The highest BCUT2D eigenvalue weighted by Crippen LogP contribution is 2.17. The number of hydrogen-bond acceptors (Lipinski definition) is 5. The first-order valence-electron chi connectivity index (χ1n) is 8.16. The number of aromatic nitrogens is 3. The first-order valence-corrected chi connectivity index (χ1v) is 8.16. The highest BCUT2D eigenvalue weighted by atomic mass is 16.5. The van der Waals surface area contributed by atoms with Gasteiger partial charge in [-0.25, -0.2) is 4.68 Å². The van der Waals surface area contributed by atoms with Gasteiger partial charge in [-0.05, 0) is 43.5 Å². The summed E-state index contributed by atoms with van der Waals surface area (Å²) in [4.78, 5) is 0. The van der Waals surface area contributed by atoms with Gasteiger partial charge in [-0.1, -0.05) is 18.6 Å². The third-order valence-corrected chi connectivity index (χ3v) is 3.72. The van der Waals surface area contributed by atoms with Crippen LogP contribution in [0.25, 0.3) is 0 Å². The fourth-order valence-corrected chi connectivity index (χ4v) is 2.39. The third-order valence-electron chi connectivity index (χ3n) is 3.72. The molecule has 0 bridgehead atoms. The fraction of sp³-hybridized carbons (Fsp3) is 0.529. The number of nitrogens with two attached hydrogens (primary N) is 1. The van der Waals surface area contributed by atoms with Gasteiger partial charge in [0.15, 0.2) is 0 Å². The second-order valence-corrected chi connectivity index (χ2v) is 5.39. The summed E-state index contributed by atoms with van der Waals surface area (Å²) in [5.41, 5.74) is 7.79. The molecule has 0 aliphatic rings. The van der Waals surface area contributed by atoms with E-state index in [1.54, 1.807) is 7.11 Å². The van der Waals surface area contributed by atoms with Crippen LogP contribution in [0.4, 0.5) is 0 Å². The summed E-state index contributed by atoms with van der Waals surface area (Å²) in [6, 6.07) is 7.62. The van der Waals surface area contributed by atoms with Gasteiger partial charge >= 0.3 is 0 Å². The molecule has 126 valence electrons. The molecule has 0 unspecified atom stereocenters. The molecule has 2 N–H and O–H groups in total. The van der Waals surface area contributed by atoms with Gasteiger partial charge in [0.1, 0.15) is 11.5 Å². The van der Waals surface area contributed by atoms with E-state index in [-0.39, 0.29) is 0 Å². The number of benzene rings is 1. The van der Waals surface area contributed by atoms with E-state index in [9.17, 15) is 0 Å². The minimum Gasteiger partial charge on any atom is -0.497 e. The van der Waals surface area contributed by atoms with E-state index in [4.69, 9.17) is 15.2 Å². The minimum absolute atomic E-state index is 0.431.